The second kappa shape index (κ2) is 6.06. The summed E-state index contributed by atoms with van der Waals surface area (Å²) in [6.07, 6.45) is 3.36. The normalized spacial score (nSPS) is 10.9. The maximum Gasteiger partial charge on any atom is 0.248 e. The third-order valence-corrected chi connectivity index (χ3v) is 3.27. The lowest BCUT2D eigenvalue weighted by Crippen LogP contribution is -2.07. The van der Waals surface area contributed by atoms with Crippen LogP contribution in [0.25, 0.3) is 16.8 Å². The molecule has 0 aliphatic heterocycles. The van der Waals surface area contributed by atoms with Crippen molar-refractivity contribution in [3.05, 3.63) is 84.4 Å². The molecule has 0 aliphatic carbocycles. The van der Waals surface area contributed by atoms with Gasteiger partial charge in [0.15, 0.2) is 0 Å². The predicted octanol–water partition coefficient (Wildman–Crippen LogP) is 4.49. The largest absolute Gasteiger partial charge is 0.322 e. The predicted molar refractivity (Wildman–Crippen MR) is 88.1 cm³/mol. The Morgan fingerprint density at radius 3 is 2.38 bits per heavy atom. The number of amides is 1. The van der Waals surface area contributed by atoms with Crippen molar-refractivity contribution in [2.45, 2.75) is 0 Å². The van der Waals surface area contributed by atoms with Crippen LogP contribution in [0.3, 0.4) is 0 Å². The first-order chi connectivity index (χ1) is 10.3. The van der Waals surface area contributed by atoms with E-state index in [-0.39, 0.29) is 5.91 Å². The summed E-state index contributed by atoms with van der Waals surface area (Å²) >= 11 is 0. The Hall–Kier alpha value is -2.87. The van der Waals surface area contributed by atoms with Gasteiger partial charge in [-0.25, -0.2) is 0 Å². The molecule has 21 heavy (non-hydrogen) atoms. The van der Waals surface area contributed by atoms with Crippen molar-refractivity contribution in [2.24, 2.45) is 0 Å². The molecule has 0 unspecified atom stereocenters. The van der Waals surface area contributed by atoms with E-state index in [0.717, 1.165) is 22.0 Å². The molecule has 3 aromatic rings. The molecule has 0 radical (unpaired) electrons. The van der Waals surface area contributed by atoms with Gasteiger partial charge in [-0.3, -0.25) is 4.79 Å². The van der Waals surface area contributed by atoms with Crippen LogP contribution in [0.5, 0.6) is 0 Å². The van der Waals surface area contributed by atoms with Gasteiger partial charge in [-0.15, -0.1) is 0 Å². The molecule has 0 spiro atoms. The average Bonchev–Trinajstić information content (AvgIpc) is 2.54. The molecule has 0 aliphatic rings. The molecule has 3 aromatic carbocycles. The van der Waals surface area contributed by atoms with Crippen molar-refractivity contribution in [3.8, 4) is 0 Å². The molecule has 0 saturated heterocycles. The topological polar surface area (TPSA) is 29.1 Å². The molecule has 0 fully saturated rings. The van der Waals surface area contributed by atoms with Crippen molar-refractivity contribution in [2.75, 3.05) is 5.32 Å². The zero-order valence-electron chi connectivity index (χ0n) is 11.5. The van der Waals surface area contributed by atoms with Gasteiger partial charge < -0.3 is 5.32 Å². The first-order valence-corrected chi connectivity index (χ1v) is 6.85. The van der Waals surface area contributed by atoms with Crippen LogP contribution in [0.1, 0.15) is 5.56 Å². The van der Waals surface area contributed by atoms with Gasteiger partial charge in [0.05, 0.1) is 0 Å². The van der Waals surface area contributed by atoms with Gasteiger partial charge in [-0.05, 0) is 23.1 Å². The van der Waals surface area contributed by atoms with Gasteiger partial charge in [0.25, 0.3) is 0 Å². The minimum atomic E-state index is -0.129. The van der Waals surface area contributed by atoms with Gasteiger partial charge in [-0.2, -0.15) is 0 Å². The Morgan fingerprint density at radius 2 is 1.52 bits per heavy atom. The van der Waals surface area contributed by atoms with Crippen molar-refractivity contribution in [1.82, 2.24) is 0 Å². The van der Waals surface area contributed by atoms with Gasteiger partial charge in [0.2, 0.25) is 5.91 Å². The SMILES string of the molecule is O=C(/C=C/c1ccccc1)Nc1cccc2ccccc12. The summed E-state index contributed by atoms with van der Waals surface area (Å²) in [7, 11) is 0. The Labute approximate surface area is 123 Å². The number of nitrogens with one attached hydrogen (secondary N) is 1. The van der Waals surface area contributed by atoms with E-state index in [2.05, 4.69) is 5.32 Å². The highest BCUT2D eigenvalue weighted by atomic mass is 16.1. The Balaban J connectivity index is 1.79. The zero-order valence-corrected chi connectivity index (χ0v) is 11.5. The number of carbonyl (C=O) groups is 1. The summed E-state index contributed by atoms with van der Waals surface area (Å²) in [4.78, 5) is 12.0. The van der Waals surface area contributed by atoms with Crippen LogP contribution in [-0.2, 0) is 4.79 Å². The molecule has 1 N–H and O–H groups in total. The Bertz CT molecular complexity index is 786. The molecule has 0 heterocycles. The zero-order chi connectivity index (χ0) is 14.5. The third kappa shape index (κ3) is 3.18. The summed E-state index contributed by atoms with van der Waals surface area (Å²) in [5.74, 6) is -0.129. The first kappa shape index (κ1) is 13.1. The number of carbonyl (C=O) groups excluding carboxylic acids is 1. The van der Waals surface area contributed by atoms with E-state index in [1.165, 1.54) is 0 Å². The van der Waals surface area contributed by atoms with Crippen LogP contribution in [0.15, 0.2) is 78.9 Å². The minimum absolute atomic E-state index is 0.129. The van der Waals surface area contributed by atoms with Crippen molar-refractivity contribution in [1.29, 1.82) is 0 Å². The lowest BCUT2D eigenvalue weighted by molar-refractivity contribution is -0.111. The average molecular weight is 273 g/mol. The minimum Gasteiger partial charge on any atom is -0.322 e. The summed E-state index contributed by atoms with van der Waals surface area (Å²) < 4.78 is 0. The van der Waals surface area contributed by atoms with Crippen LogP contribution < -0.4 is 5.32 Å². The number of benzene rings is 3. The smallest absolute Gasteiger partial charge is 0.248 e. The number of rotatable bonds is 3. The highest BCUT2D eigenvalue weighted by Crippen LogP contribution is 2.22. The van der Waals surface area contributed by atoms with E-state index in [1.54, 1.807) is 12.2 Å². The fourth-order valence-corrected chi connectivity index (χ4v) is 2.24. The van der Waals surface area contributed by atoms with Crippen LogP contribution in [-0.4, -0.2) is 5.91 Å². The lowest BCUT2D eigenvalue weighted by atomic mass is 10.1. The quantitative estimate of drug-likeness (QED) is 0.700. The van der Waals surface area contributed by atoms with Gasteiger partial charge in [0, 0.05) is 17.1 Å². The van der Waals surface area contributed by atoms with Crippen molar-refractivity contribution < 1.29 is 4.79 Å². The van der Waals surface area contributed by atoms with E-state index in [4.69, 9.17) is 0 Å². The van der Waals surface area contributed by atoms with E-state index >= 15 is 0 Å². The lowest BCUT2D eigenvalue weighted by Gasteiger charge is -2.06. The summed E-state index contributed by atoms with van der Waals surface area (Å²) in [5.41, 5.74) is 1.83. The number of anilines is 1. The number of fused-ring (bicyclic) bond motifs is 1. The Morgan fingerprint density at radius 1 is 0.810 bits per heavy atom. The van der Waals surface area contributed by atoms with Crippen LogP contribution >= 0.6 is 0 Å². The van der Waals surface area contributed by atoms with E-state index in [0.29, 0.717) is 0 Å². The van der Waals surface area contributed by atoms with Crippen LogP contribution in [0.2, 0.25) is 0 Å². The molecule has 0 aromatic heterocycles. The van der Waals surface area contributed by atoms with E-state index in [9.17, 15) is 4.79 Å². The van der Waals surface area contributed by atoms with Crippen LogP contribution in [0, 0.1) is 0 Å². The summed E-state index contributed by atoms with van der Waals surface area (Å²) in [6, 6.07) is 23.7. The molecule has 1 amide bonds. The van der Waals surface area contributed by atoms with Gasteiger partial charge in [0.1, 0.15) is 0 Å². The number of hydrogen-bond acceptors (Lipinski definition) is 1. The third-order valence-electron chi connectivity index (χ3n) is 3.27. The molecular formula is C19H15NO. The maximum absolute atomic E-state index is 12.0. The van der Waals surface area contributed by atoms with Gasteiger partial charge in [-0.1, -0.05) is 66.7 Å². The van der Waals surface area contributed by atoms with E-state index in [1.807, 2.05) is 72.8 Å². The summed E-state index contributed by atoms with van der Waals surface area (Å²) in [5, 5.41) is 5.09. The molecule has 2 nitrogen and oxygen atoms in total. The Kier molecular flexibility index (Phi) is 3.79. The molecule has 102 valence electrons. The number of hydrogen-bond donors (Lipinski definition) is 1. The fourth-order valence-electron chi connectivity index (χ4n) is 2.24. The second-order valence-electron chi connectivity index (χ2n) is 4.76. The standard InChI is InChI=1S/C19H15NO/c21-19(14-13-15-7-2-1-3-8-15)20-18-12-6-10-16-9-4-5-11-17(16)18/h1-14H,(H,20,21)/b14-13+. The fraction of sp³-hybridized carbons (Fsp3) is 0. The van der Waals surface area contributed by atoms with Crippen molar-refractivity contribution >= 4 is 28.4 Å². The molecule has 2 heteroatoms. The highest BCUT2D eigenvalue weighted by Gasteiger charge is 2.02. The molecule has 3 rings (SSSR count). The molecule has 0 saturated carbocycles. The molecule has 0 bridgehead atoms. The molecular weight excluding hydrogens is 258 g/mol. The second-order valence-corrected chi connectivity index (χ2v) is 4.76. The monoisotopic (exact) mass is 273 g/mol. The molecule has 0 atom stereocenters. The van der Waals surface area contributed by atoms with Crippen LogP contribution in [0.4, 0.5) is 5.69 Å². The van der Waals surface area contributed by atoms with Crippen molar-refractivity contribution in [3.63, 3.8) is 0 Å². The van der Waals surface area contributed by atoms with Gasteiger partial charge >= 0.3 is 0 Å². The maximum atomic E-state index is 12.0. The first-order valence-electron chi connectivity index (χ1n) is 6.85. The highest BCUT2D eigenvalue weighted by molar-refractivity contribution is 6.07. The summed E-state index contributed by atoms with van der Waals surface area (Å²) in [6.45, 7) is 0. The van der Waals surface area contributed by atoms with E-state index < -0.39 is 0 Å².